The molecule has 3 aromatic rings. The Morgan fingerprint density at radius 1 is 1.19 bits per heavy atom. The van der Waals surface area contributed by atoms with E-state index in [0.29, 0.717) is 28.6 Å². The monoisotopic (exact) mass is 461 g/mol. The summed E-state index contributed by atoms with van der Waals surface area (Å²) in [6.45, 7) is 5.14. The van der Waals surface area contributed by atoms with E-state index >= 15 is 0 Å². The Bertz CT molecular complexity index is 1220. The number of benzene rings is 2. The number of nitrogens with one attached hydrogen (secondary N) is 1. The van der Waals surface area contributed by atoms with Gasteiger partial charge in [0.25, 0.3) is 5.91 Å². The van der Waals surface area contributed by atoms with Crippen LogP contribution in [0.3, 0.4) is 0 Å². The van der Waals surface area contributed by atoms with Crippen molar-refractivity contribution < 1.29 is 24.2 Å². The van der Waals surface area contributed by atoms with E-state index < -0.39 is 12.0 Å². The number of aromatic nitrogens is 2. The zero-order valence-corrected chi connectivity index (χ0v) is 17.8. The Balaban J connectivity index is 1.67. The highest BCUT2D eigenvalue weighted by atomic mass is 35.5. The number of ether oxygens (including phenoxy) is 1. The molecule has 0 atom stereocenters. The summed E-state index contributed by atoms with van der Waals surface area (Å²) < 4.78 is 6.27. The summed E-state index contributed by atoms with van der Waals surface area (Å²) in [5, 5.41) is 16.1. The van der Waals surface area contributed by atoms with Gasteiger partial charge in [0.1, 0.15) is 10.8 Å². The van der Waals surface area contributed by atoms with E-state index in [0.717, 1.165) is 4.68 Å². The zero-order valence-electron chi connectivity index (χ0n) is 16.3. The summed E-state index contributed by atoms with van der Waals surface area (Å²) >= 11 is 12.4. The van der Waals surface area contributed by atoms with Gasteiger partial charge in [-0.3, -0.25) is 9.59 Å². The van der Waals surface area contributed by atoms with Crippen molar-refractivity contribution in [2.75, 3.05) is 11.9 Å². The van der Waals surface area contributed by atoms with Crippen LogP contribution in [0.1, 0.15) is 23.7 Å². The predicted molar refractivity (Wildman–Crippen MR) is 118 cm³/mol. The maximum Gasteiger partial charge on any atom is 0.432 e. The number of halogens is 2. The molecule has 2 aromatic carbocycles. The van der Waals surface area contributed by atoms with Crippen molar-refractivity contribution >= 4 is 57.6 Å². The Kier molecular flexibility index (Phi) is 6.62. The summed E-state index contributed by atoms with van der Waals surface area (Å²) in [7, 11) is 0. The minimum Gasteiger partial charge on any atom is -0.482 e. The van der Waals surface area contributed by atoms with E-state index in [1.807, 2.05) is 6.92 Å². The quantitative estimate of drug-likeness (QED) is 0.376. The van der Waals surface area contributed by atoms with Crippen LogP contribution in [-0.4, -0.2) is 39.3 Å². The summed E-state index contributed by atoms with van der Waals surface area (Å²) in [6, 6.07) is 7.60. The van der Waals surface area contributed by atoms with Crippen molar-refractivity contribution in [3.8, 4) is 5.75 Å². The van der Waals surface area contributed by atoms with Gasteiger partial charge >= 0.3 is 6.09 Å². The third kappa shape index (κ3) is 4.70. The lowest BCUT2D eigenvalue weighted by atomic mass is 10.0. The van der Waals surface area contributed by atoms with Gasteiger partial charge in [-0.2, -0.15) is 9.78 Å². The van der Waals surface area contributed by atoms with E-state index in [4.69, 9.17) is 33.0 Å². The Hall–Kier alpha value is -3.36. The average molecular weight is 462 g/mol. The Morgan fingerprint density at radius 3 is 2.61 bits per heavy atom. The van der Waals surface area contributed by atoms with Crippen LogP contribution >= 0.6 is 23.2 Å². The van der Waals surface area contributed by atoms with Crippen molar-refractivity contribution in [1.29, 1.82) is 0 Å². The van der Waals surface area contributed by atoms with Gasteiger partial charge in [-0.15, -0.1) is 0 Å². The number of hydrogen-bond donors (Lipinski definition) is 2. The molecule has 0 bridgehead atoms. The highest BCUT2D eigenvalue weighted by Crippen LogP contribution is 2.35. The molecule has 0 spiro atoms. The van der Waals surface area contributed by atoms with E-state index in [1.54, 1.807) is 12.1 Å². The summed E-state index contributed by atoms with van der Waals surface area (Å²) in [6.07, 6.45) is 0.657. The summed E-state index contributed by atoms with van der Waals surface area (Å²) in [4.78, 5) is 35.6. The molecule has 1 heterocycles. The first-order valence-corrected chi connectivity index (χ1v) is 9.82. The topological polar surface area (TPSA) is 111 Å². The molecule has 1 aromatic heterocycles. The summed E-state index contributed by atoms with van der Waals surface area (Å²) in [5.41, 5.74) is 1.44. The molecule has 0 aliphatic heterocycles. The number of carbonyl (C=O) groups is 3. The number of anilines is 1. The first kappa shape index (κ1) is 22.3. The van der Waals surface area contributed by atoms with Crippen LogP contribution in [0.25, 0.3) is 10.9 Å². The van der Waals surface area contributed by atoms with Gasteiger partial charge in [0.05, 0.1) is 16.7 Å². The van der Waals surface area contributed by atoms with Gasteiger partial charge in [-0.1, -0.05) is 36.7 Å². The molecule has 0 saturated carbocycles. The molecule has 160 valence electrons. The molecule has 0 fully saturated rings. The second-order valence-corrected chi connectivity index (χ2v) is 7.23. The number of carboxylic acid groups (broad SMARTS) is 1. The van der Waals surface area contributed by atoms with Gasteiger partial charge < -0.3 is 15.2 Å². The molecule has 0 aliphatic carbocycles. The number of nitrogens with zero attached hydrogens (tertiary/aromatic N) is 2. The molecule has 31 heavy (non-hydrogen) atoms. The minimum absolute atomic E-state index is 0.0201. The van der Waals surface area contributed by atoms with Gasteiger partial charge in [0, 0.05) is 16.6 Å². The standard InChI is InChI=1S/C21H17Cl2N3O5/c1-3-11(2)20(28)14-5-7-16(19(23)18(14)22)31-10-17(27)25-13-4-6-15-12(8-13)9-24-26(15)21(29)30/h4-9H,2-3,10H2,1H3,(H,25,27)(H,29,30). The maximum atomic E-state index is 12.3. The van der Waals surface area contributed by atoms with Crippen LogP contribution in [0.15, 0.2) is 48.7 Å². The lowest BCUT2D eigenvalue weighted by Gasteiger charge is -2.12. The Labute approximate surface area is 187 Å². The van der Waals surface area contributed by atoms with Crippen molar-refractivity contribution in [1.82, 2.24) is 9.78 Å². The van der Waals surface area contributed by atoms with Crippen molar-refractivity contribution in [2.45, 2.75) is 13.3 Å². The molecule has 0 unspecified atom stereocenters. The largest absolute Gasteiger partial charge is 0.482 e. The number of ketones is 1. The van der Waals surface area contributed by atoms with Crippen molar-refractivity contribution in [3.05, 3.63) is 64.3 Å². The lowest BCUT2D eigenvalue weighted by Crippen LogP contribution is -2.20. The first-order chi connectivity index (χ1) is 14.7. The third-order valence-corrected chi connectivity index (χ3v) is 5.30. The molecule has 0 radical (unpaired) electrons. The van der Waals surface area contributed by atoms with Gasteiger partial charge in [-0.05, 0) is 42.3 Å². The predicted octanol–water partition coefficient (Wildman–Crippen LogP) is 5.04. The Morgan fingerprint density at radius 2 is 1.94 bits per heavy atom. The van der Waals surface area contributed by atoms with Crippen LogP contribution in [0, 0.1) is 0 Å². The van der Waals surface area contributed by atoms with Crippen LogP contribution < -0.4 is 10.1 Å². The van der Waals surface area contributed by atoms with Crippen LogP contribution in [-0.2, 0) is 4.79 Å². The van der Waals surface area contributed by atoms with Crippen LogP contribution in [0.2, 0.25) is 10.0 Å². The molecule has 10 heteroatoms. The first-order valence-electron chi connectivity index (χ1n) is 9.07. The number of rotatable bonds is 7. The fraction of sp³-hybridized carbons (Fsp3) is 0.143. The lowest BCUT2D eigenvalue weighted by molar-refractivity contribution is -0.118. The van der Waals surface area contributed by atoms with E-state index in [2.05, 4.69) is 17.0 Å². The normalized spacial score (nSPS) is 10.7. The molecule has 3 rings (SSSR count). The third-order valence-electron chi connectivity index (χ3n) is 4.43. The average Bonchev–Trinajstić information content (AvgIpc) is 3.17. The fourth-order valence-corrected chi connectivity index (χ4v) is 3.23. The number of carbonyl (C=O) groups excluding carboxylic acids is 2. The number of fused-ring (bicyclic) bond motifs is 1. The molecular formula is C21H17Cl2N3O5. The summed E-state index contributed by atoms with van der Waals surface area (Å²) in [5.74, 6) is -0.629. The fourth-order valence-electron chi connectivity index (χ4n) is 2.77. The maximum absolute atomic E-state index is 12.3. The number of Topliss-reactive ketones (excluding diaryl/α,β-unsaturated/α-hetero) is 1. The molecule has 8 nitrogen and oxygen atoms in total. The number of amides is 1. The second-order valence-electron chi connectivity index (χ2n) is 6.47. The second kappa shape index (κ2) is 9.20. The van der Waals surface area contributed by atoms with Gasteiger partial charge in [-0.25, -0.2) is 4.79 Å². The highest BCUT2D eigenvalue weighted by molar-refractivity contribution is 6.45. The molecule has 1 amide bonds. The van der Waals surface area contributed by atoms with Gasteiger partial charge in [0.2, 0.25) is 0 Å². The van der Waals surface area contributed by atoms with Crippen LogP contribution in [0.4, 0.5) is 10.5 Å². The number of hydrogen-bond acceptors (Lipinski definition) is 5. The zero-order chi connectivity index (χ0) is 22.7. The van der Waals surface area contributed by atoms with E-state index in [-0.39, 0.29) is 33.7 Å². The van der Waals surface area contributed by atoms with E-state index in [9.17, 15) is 14.4 Å². The minimum atomic E-state index is -1.21. The SMILES string of the molecule is C=C(CC)C(=O)c1ccc(OCC(=O)Nc2ccc3c(cnn3C(=O)O)c2)c(Cl)c1Cl. The van der Waals surface area contributed by atoms with E-state index in [1.165, 1.54) is 24.4 Å². The molecular weight excluding hydrogens is 445 g/mol. The number of allylic oxidation sites excluding steroid dienone is 1. The van der Waals surface area contributed by atoms with Crippen molar-refractivity contribution in [2.24, 2.45) is 0 Å². The highest BCUT2D eigenvalue weighted by Gasteiger charge is 2.18. The van der Waals surface area contributed by atoms with Gasteiger partial charge in [0.15, 0.2) is 12.4 Å². The molecule has 0 saturated heterocycles. The molecule has 2 N–H and O–H groups in total. The molecule has 0 aliphatic rings. The van der Waals surface area contributed by atoms with Crippen molar-refractivity contribution in [3.63, 3.8) is 0 Å². The van der Waals surface area contributed by atoms with Crippen LogP contribution in [0.5, 0.6) is 5.75 Å². The smallest absolute Gasteiger partial charge is 0.432 e.